The molecule has 0 unspecified atom stereocenters. The maximum absolute atomic E-state index is 12.8. The predicted octanol–water partition coefficient (Wildman–Crippen LogP) is 3.36. The van der Waals surface area contributed by atoms with E-state index in [0.717, 1.165) is 6.07 Å². The molecule has 10 heteroatoms. The number of carbonyl (C=O) groups is 2. The summed E-state index contributed by atoms with van der Waals surface area (Å²) in [5.41, 5.74) is -0.448. The number of carboxylic acids is 1. The summed E-state index contributed by atoms with van der Waals surface area (Å²) >= 11 is 5.82. The van der Waals surface area contributed by atoms with Crippen LogP contribution in [-0.4, -0.2) is 37.5 Å². The first kappa shape index (κ1) is 20.9. The standard InChI is InChI=1S/C19H19ClN2O6S/c1-11(23)22-10-19(2,3)28-17-7-5-13(9-16(17)22)29(26,27)21-12-4-6-15(20)14(8-12)18(24)25/h4-9,21H,10H2,1-3H3,(H,24,25). The van der Waals surface area contributed by atoms with Crippen molar-refractivity contribution < 1.29 is 27.9 Å². The van der Waals surface area contributed by atoms with Gasteiger partial charge in [0.25, 0.3) is 10.0 Å². The zero-order valence-electron chi connectivity index (χ0n) is 15.9. The molecule has 2 aromatic carbocycles. The van der Waals surface area contributed by atoms with E-state index in [1.54, 1.807) is 0 Å². The quantitative estimate of drug-likeness (QED) is 0.756. The number of nitrogens with zero attached hydrogens (tertiary/aromatic N) is 1. The van der Waals surface area contributed by atoms with Crippen LogP contribution < -0.4 is 14.4 Å². The lowest BCUT2D eigenvalue weighted by Gasteiger charge is -2.39. The molecule has 0 aromatic heterocycles. The predicted molar refractivity (Wildman–Crippen MR) is 108 cm³/mol. The van der Waals surface area contributed by atoms with Gasteiger partial charge in [-0.3, -0.25) is 9.52 Å². The van der Waals surface area contributed by atoms with E-state index in [-0.39, 0.29) is 33.6 Å². The number of halogens is 1. The molecule has 1 aliphatic heterocycles. The first-order chi connectivity index (χ1) is 13.4. The Kier molecular flexibility index (Phi) is 5.22. The summed E-state index contributed by atoms with van der Waals surface area (Å²) in [5, 5.41) is 9.14. The number of hydrogen-bond acceptors (Lipinski definition) is 5. The summed E-state index contributed by atoms with van der Waals surface area (Å²) in [5.74, 6) is -1.12. The Balaban J connectivity index is 1.99. The van der Waals surface area contributed by atoms with Crippen LogP contribution in [0.1, 0.15) is 31.1 Å². The monoisotopic (exact) mass is 438 g/mol. The largest absolute Gasteiger partial charge is 0.484 e. The Morgan fingerprint density at radius 1 is 1.21 bits per heavy atom. The molecule has 0 aliphatic carbocycles. The average molecular weight is 439 g/mol. The van der Waals surface area contributed by atoms with E-state index in [1.807, 2.05) is 13.8 Å². The van der Waals surface area contributed by atoms with Crippen molar-refractivity contribution in [3.63, 3.8) is 0 Å². The van der Waals surface area contributed by atoms with Gasteiger partial charge >= 0.3 is 5.97 Å². The highest BCUT2D eigenvalue weighted by molar-refractivity contribution is 7.92. The van der Waals surface area contributed by atoms with Gasteiger partial charge in [0.2, 0.25) is 5.91 Å². The van der Waals surface area contributed by atoms with Gasteiger partial charge in [-0.1, -0.05) is 11.6 Å². The van der Waals surface area contributed by atoms with Crippen molar-refractivity contribution in [3.8, 4) is 5.75 Å². The van der Waals surface area contributed by atoms with Crippen molar-refractivity contribution in [1.82, 2.24) is 0 Å². The van der Waals surface area contributed by atoms with Crippen LogP contribution in [0.15, 0.2) is 41.3 Å². The van der Waals surface area contributed by atoms with Crippen molar-refractivity contribution in [2.24, 2.45) is 0 Å². The highest BCUT2D eigenvalue weighted by atomic mass is 35.5. The molecule has 0 spiro atoms. The molecular weight excluding hydrogens is 420 g/mol. The van der Waals surface area contributed by atoms with Crippen molar-refractivity contribution in [3.05, 3.63) is 47.0 Å². The Hall–Kier alpha value is -2.78. The molecule has 0 fully saturated rings. The van der Waals surface area contributed by atoms with Crippen LogP contribution in [0.4, 0.5) is 11.4 Å². The van der Waals surface area contributed by atoms with Gasteiger partial charge < -0.3 is 14.7 Å². The molecule has 2 aromatic rings. The number of anilines is 2. The Morgan fingerprint density at radius 2 is 1.90 bits per heavy atom. The minimum absolute atomic E-state index is 0.00825. The van der Waals surface area contributed by atoms with Crippen LogP contribution in [-0.2, 0) is 14.8 Å². The average Bonchev–Trinajstić information content (AvgIpc) is 2.61. The van der Waals surface area contributed by atoms with Gasteiger partial charge in [0.15, 0.2) is 0 Å². The third-order valence-electron chi connectivity index (χ3n) is 4.29. The molecule has 1 amide bonds. The molecule has 3 rings (SSSR count). The number of benzene rings is 2. The smallest absolute Gasteiger partial charge is 0.337 e. The fraction of sp³-hybridized carbons (Fsp3) is 0.263. The van der Waals surface area contributed by atoms with Gasteiger partial charge in [-0.05, 0) is 50.2 Å². The highest BCUT2D eigenvalue weighted by Gasteiger charge is 2.34. The van der Waals surface area contributed by atoms with Gasteiger partial charge in [0.05, 0.1) is 27.7 Å². The summed E-state index contributed by atoms with van der Waals surface area (Å²) in [6, 6.07) is 7.98. The number of sulfonamides is 1. The molecule has 0 radical (unpaired) electrons. The van der Waals surface area contributed by atoms with Crippen molar-refractivity contribution in [1.29, 1.82) is 0 Å². The molecule has 154 valence electrons. The van der Waals surface area contributed by atoms with Gasteiger partial charge in [-0.15, -0.1) is 0 Å². The number of amides is 1. The van der Waals surface area contributed by atoms with Gasteiger partial charge in [0, 0.05) is 12.6 Å². The summed E-state index contributed by atoms with van der Waals surface area (Å²) in [6.07, 6.45) is 0. The van der Waals surface area contributed by atoms with E-state index < -0.39 is 21.6 Å². The van der Waals surface area contributed by atoms with Gasteiger partial charge in [-0.2, -0.15) is 0 Å². The van der Waals surface area contributed by atoms with Crippen LogP contribution in [0.2, 0.25) is 5.02 Å². The second-order valence-electron chi connectivity index (χ2n) is 7.20. The van der Waals surface area contributed by atoms with Crippen molar-refractivity contribution in [2.45, 2.75) is 31.3 Å². The molecule has 0 bridgehead atoms. The van der Waals surface area contributed by atoms with E-state index in [9.17, 15) is 18.0 Å². The number of carboxylic acid groups (broad SMARTS) is 1. The van der Waals surface area contributed by atoms with Crippen LogP contribution in [0.3, 0.4) is 0 Å². The number of hydrogen-bond donors (Lipinski definition) is 2. The fourth-order valence-corrected chi connectivity index (χ4v) is 4.27. The van der Waals surface area contributed by atoms with Crippen molar-refractivity contribution in [2.75, 3.05) is 16.2 Å². The lowest BCUT2D eigenvalue weighted by Crippen LogP contribution is -2.48. The molecule has 1 heterocycles. The SMILES string of the molecule is CC(=O)N1CC(C)(C)Oc2ccc(S(=O)(=O)Nc3ccc(Cl)c(C(=O)O)c3)cc21. The minimum atomic E-state index is -4.06. The topological polar surface area (TPSA) is 113 Å². The van der Waals surface area contributed by atoms with E-state index in [0.29, 0.717) is 11.4 Å². The Morgan fingerprint density at radius 3 is 2.52 bits per heavy atom. The number of aromatic carboxylic acids is 1. The lowest BCUT2D eigenvalue weighted by atomic mass is 10.1. The highest BCUT2D eigenvalue weighted by Crippen LogP contribution is 2.38. The second-order valence-corrected chi connectivity index (χ2v) is 9.29. The number of rotatable bonds is 4. The molecule has 8 nitrogen and oxygen atoms in total. The molecular formula is C19H19ClN2O6S. The molecule has 2 N–H and O–H groups in total. The van der Waals surface area contributed by atoms with Crippen molar-refractivity contribution >= 4 is 44.9 Å². The van der Waals surface area contributed by atoms with Crippen LogP contribution >= 0.6 is 11.6 Å². The summed E-state index contributed by atoms with van der Waals surface area (Å²) in [6.45, 7) is 5.33. The molecule has 29 heavy (non-hydrogen) atoms. The van der Waals surface area contributed by atoms with Gasteiger partial charge in [-0.25, -0.2) is 13.2 Å². The number of ether oxygens (including phenoxy) is 1. The van der Waals surface area contributed by atoms with E-state index in [2.05, 4.69) is 4.72 Å². The maximum atomic E-state index is 12.8. The second kappa shape index (κ2) is 7.23. The zero-order chi connectivity index (χ0) is 21.6. The number of fused-ring (bicyclic) bond motifs is 1. The third-order valence-corrected chi connectivity index (χ3v) is 5.99. The van der Waals surface area contributed by atoms with Crippen LogP contribution in [0, 0.1) is 0 Å². The van der Waals surface area contributed by atoms with Gasteiger partial charge in [0.1, 0.15) is 11.4 Å². The molecule has 1 aliphatic rings. The Labute approximate surface area is 173 Å². The normalized spacial score (nSPS) is 15.2. The first-order valence-electron chi connectivity index (χ1n) is 8.56. The molecule has 0 saturated carbocycles. The molecule has 0 atom stereocenters. The van der Waals surface area contributed by atoms with E-state index in [4.69, 9.17) is 21.4 Å². The summed E-state index contributed by atoms with van der Waals surface area (Å²) in [7, 11) is -4.06. The summed E-state index contributed by atoms with van der Waals surface area (Å²) < 4.78 is 33.8. The number of nitrogens with one attached hydrogen (secondary N) is 1. The van der Waals surface area contributed by atoms with E-state index in [1.165, 1.54) is 42.2 Å². The zero-order valence-corrected chi connectivity index (χ0v) is 17.5. The Bertz CT molecular complexity index is 1110. The lowest BCUT2D eigenvalue weighted by molar-refractivity contribution is -0.117. The third kappa shape index (κ3) is 4.30. The first-order valence-corrected chi connectivity index (χ1v) is 10.4. The van der Waals surface area contributed by atoms with Crippen LogP contribution in [0.5, 0.6) is 5.75 Å². The van der Waals surface area contributed by atoms with Crippen LogP contribution in [0.25, 0.3) is 0 Å². The summed E-state index contributed by atoms with van der Waals surface area (Å²) in [4.78, 5) is 24.6. The molecule has 0 saturated heterocycles. The fourth-order valence-electron chi connectivity index (χ4n) is 3.01. The number of carbonyl (C=O) groups excluding carboxylic acids is 1. The maximum Gasteiger partial charge on any atom is 0.337 e. The minimum Gasteiger partial charge on any atom is -0.484 e. The van der Waals surface area contributed by atoms with E-state index >= 15 is 0 Å².